The summed E-state index contributed by atoms with van der Waals surface area (Å²) in [5, 5.41) is 12.6. The van der Waals surface area contributed by atoms with Gasteiger partial charge in [-0.1, -0.05) is 22.0 Å². The molecule has 0 aliphatic heterocycles. The van der Waals surface area contributed by atoms with Gasteiger partial charge < -0.3 is 10.4 Å². The molecule has 0 saturated heterocycles. The standard InChI is InChI=1S/C14H14BrN3O2/c1-9-12(17-7-6-16-9)14(2,13(19)20)18-11-5-3-4-10(15)8-11/h3-8,18H,1-2H3,(H,19,20). The summed E-state index contributed by atoms with van der Waals surface area (Å²) in [5.74, 6) is -1.01. The Kier molecular flexibility index (Phi) is 4.04. The van der Waals surface area contributed by atoms with Crippen LogP contribution in [0.1, 0.15) is 18.3 Å². The molecule has 0 aliphatic rings. The van der Waals surface area contributed by atoms with E-state index >= 15 is 0 Å². The normalized spacial score (nSPS) is 13.6. The van der Waals surface area contributed by atoms with Crippen molar-refractivity contribution < 1.29 is 9.90 Å². The molecule has 2 aromatic rings. The maximum Gasteiger partial charge on any atom is 0.335 e. The molecule has 0 amide bonds. The number of carbonyl (C=O) groups is 1. The van der Waals surface area contributed by atoms with Gasteiger partial charge in [0.1, 0.15) is 0 Å². The molecule has 104 valence electrons. The Balaban J connectivity index is 2.46. The number of aryl methyl sites for hydroxylation is 1. The molecule has 5 nitrogen and oxygen atoms in total. The summed E-state index contributed by atoms with van der Waals surface area (Å²) in [6, 6.07) is 7.32. The number of hydrogen-bond acceptors (Lipinski definition) is 4. The first kappa shape index (κ1) is 14.5. The largest absolute Gasteiger partial charge is 0.479 e. The minimum absolute atomic E-state index is 0.396. The third kappa shape index (κ3) is 2.80. The molecule has 1 aromatic heterocycles. The van der Waals surface area contributed by atoms with E-state index in [2.05, 4.69) is 31.2 Å². The number of rotatable bonds is 4. The van der Waals surface area contributed by atoms with Crippen molar-refractivity contribution in [3.05, 3.63) is 52.5 Å². The van der Waals surface area contributed by atoms with Crippen LogP contribution in [0.25, 0.3) is 0 Å². The molecule has 0 radical (unpaired) electrons. The van der Waals surface area contributed by atoms with E-state index in [0.717, 1.165) is 4.47 Å². The topological polar surface area (TPSA) is 75.1 Å². The van der Waals surface area contributed by atoms with E-state index < -0.39 is 11.5 Å². The summed E-state index contributed by atoms with van der Waals surface area (Å²) < 4.78 is 0.867. The average molecular weight is 336 g/mol. The summed E-state index contributed by atoms with van der Waals surface area (Å²) in [4.78, 5) is 20.0. The Labute approximate surface area is 125 Å². The first-order chi connectivity index (χ1) is 9.43. The number of nitrogens with zero attached hydrogens (tertiary/aromatic N) is 2. The molecule has 1 atom stereocenters. The third-order valence-corrected chi connectivity index (χ3v) is 3.49. The Morgan fingerprint density at radius 1 is 1.35 bits per heavy atom. The summed E-state index contributed by atoms with van der Waals surface area (Å²) >= 11 is 3.36. The van der Waals surface area contributed by atoms with Crippen molar-refractivity contribution in [2.45, 2.75) is 19.4 Å². The number of hydrogen-bond donors (Lipinski definition) is 2. The first-order valence-electron chi connectivity index (χ1n) is 5.99. The molecule has 1 aromatic carbocycles. The molecule has 0 fully saturated rings. The lowest BCUT2D eigenvalue weighted by atomic mass is 9.95. The lowest BCUT2D eigenvalue weighted by Crippen LogP contribution is -2.42. The minimum atomic E-state index is -1.35. The van der Waals surface area contributed by atoms with Gasteiger partial charge in [-0.25, -0.2) is 4.79 Å². The average Bonchev–Trinajstić information content (AvgIpc) is 2.38. The second-order valence-electron chi connectivity index (χ2n) is 4.56. The number of benzene rings is 1. The van der Waals surface area contributed by atoms with Crippen LogP contribution in [0, 0.1) is 6.92 Å². The van der Waals surface area contributed by atoms with Gasteiger partial charge in [-0.15, -0.1) is 0 Å². The molecule has 1 heterocycles. The summed E-state index contributed by atoms with van der Waals surface area (Å²) in [6.45, 7) is 3.32. The number of aromatic nitrogens is 2. The molecule has 2 N–H and O–H groups in total. The number of halogens is 1. The smallest absolute Gasteiger partial charge is 0.335 e. The van der Waals surface area contributed by atoms with E-state index in [-0.39, 0.29) is 0 Å². The maximum absolute atomic E-state index is 11.7. The molecule has 6 heteroatoms. The van der Waals surface area contributed by atoms with Crippen LogP contribution in [-0.2, 0) is 10.3 Å². The van der Waals surface area contributed by atoms with E-state index in [1.165, 1.54) is 6.20 Å². The second kappa shape index (κ2) is 5.58. The third-order valence-electron chi connectivity index (χ3n) is 3.00. The zero-order valence-electron chi connectivity index (χ0n) is 11.1. The van der Waals surface area contributed by atoms with Crippen molar-refractivity contribution in [3.8, 4) is 0 Å². The van der Waals surface area contributed by atoms with E-state index in [4.69, 9.17) is 0 Å². The first-order valence-corrected chi connectivity index (χ1v) is 6.78. The van der Waals surface area contributed by atoms with Gasteiger partial charge in [0.15, 0.2) is 5.54 Å². The summed E-state index contributed by atoms with van der Waals surface area (Å²) in [6.07, 6.45) is 3.03. The number of carboxylic acid groups (broad SMARTS) is 1. The van der Waals surface area contributed by atoms with Gasteiger partial charge in [-0.2, -0.15) is 0 Å². The van der Waals surface area contributed by atoms with Crippen molar-refractivity contribution in [1.82, 2.24) is 9.97 Å². The maximum atomic E-state index is 11.7. The van der Waals surface area contributed by atoms with Crippen molar-refractivity contribution in [2.75, 3.05) is 5.32 Å². The molecule has 0 bridgehead atoms. The quantitative estimate of drug-likeness (QED) is 0.898. The molecule has 1 unspecified atom stereocenters. The van der Waals surface area contributed by atoms with E-state index in [1.807, 2.05) is 18.2 Å². The highest BCUT2D eigenvalue weighted by atomic mass is 79.9. The zero-order chi connectivity index (χ0) is 14.8. The summed E-state index contributed by atoms with van der Waals surface area (Å²) in [5.41, 5.74) is 0.320. The van der Waals surface area contributed by atoms with Crippen LogP contribution < -0.4 is 5.32 Å². The number of aliphatic carboxylic acids is 1. The lowest BCUT2D eigenvalue weighted by molar-refractivity contribution is -0.142. The van der Waals surface area contributed by atoms with Crippen molar-refractivity contribution in [2.24, 2.45) is 0 Å². The van der Waals surface area contributed by atoms with Crippen molar-refractivity contribution in [3.63, 3.8) is 0 Å². The van der Waals surface area contributed by atoms with Crippen LogP contribution >= 0.6 is 15.9 Å². The highest BCUT2D eigenvalue weighted by molar-refractivity contribution is 9.10. The number of nitrogens with one attached hydrogen (secondary N) is 1. The summed E-state index contributed by atoms with van der Waals surface area (Å²) in [7, 11) is 0. The van der Waals surface area contributed by atoms with Crippen LogP contribution in [0.15, 0.2) is 41.1 Å². The fraction of sp³-hybridized carbons (Fsp3) is 0.214. The molecule has 0 spiro atoms. The van der Waals surface area contributed by atoms with Gasteiger partial charge in [0.25, 0.3) is 0 Å². The van der Waals surface area contributed by atoms with Crippen LogP contribution in [0.5, 0.6) is 0 Å². The van der Waals surface area contributed by atoms with E-state index in [0.29, 0.717) is 17.1 Å². The van der Waals surface area contributed by atoms with Crippen LogP contribution in [0.3, 0.4) is 0 Å². The molecule has 20 heavy (non-hydrogen) atoms. The molecule has 0 aliphatic carbocycles. The molecule has 2 rings (SSSR count). The minimum Gasteiger partial charge on any atom is -0.479 e. The Bertz CT molecular complexity index is 648. The zero-order valence-corrected chi connectivity index (χ0v) is 12.7. The van der Waals surface area contributed by atoms with Crippen molar-refractivity contribution in [1.29, 1.82) is 0 Å². The Hall–Kier alpha value is -1.95. The molecular weight excluding hydrogens is 322 g/mol. The van der Waals surface area contributed by atoms with Gasteiger partial charge in [0.05, 0.1) is 11.4 Å². The van der Waals surface area contributed by atoms with Crippen LogP contribution in [-0.4, -0.2) is 21.0 Å². The van der Waals surface area contributed by atoms with E-state index in [1.54, 1.807) is 26.1 Å². The van der Waals surface area contributed by atoms with Gasteiger partial charge in [-0.3, -0.25) is 9.97 Å². The number of anilines is 1. The van der Waals surface area contributed by atoms with Gasteiger partial charge >= 0.3 is 5.97 Å². The van der Waals surface area contributed by atoms with Gasteiger partial charge in [0, 0.05) is 22.6 Å². The highest BCUT2D eigenvalue weighted by Gasteiger charge is 2.38. The number of carboxylic acids is 1. The Morgan fingerprint density at radius 2 is 2.05 bits per heavy atom. The van der Waals surface area contributed by atoms with Crippen molar-refractivity contribution >= 4 is 27.6 Å². The van der Waals surface area contributed by atoms with Crippen LogP contribution in [0.2, 0.25) is 0 Å². The molecule has 0 saturated carbocycles. The highest BCUT2D eigenvalue weighted by Crippen LogP contribution is 2.27. The lowest BCUT2D eigenvalue weighted by Gasteiger charge is -2.27. The molecular formula is C14H14BrN3O2. The monoisotopic (exact) mass is 335 g/mol. The second-order valence-corrected chi connectivity index (χ2v) is 5.47. The SMILES string of the molecule is Cc1nccnc1C(C)(Nc1cccc(Br)c1)C(=O)O. The Morgan fingerprint density at radius 3 is 2.65 bits per heavy atom. The fourth-order valence-corrected chi connectivity index (χ4v) is 2.37. The van der Waals surface area contributed by atoms with Crippen LogP contribution in [0.4, 0.5) is 5.69 Å². The fourth-order valence-electron chi connectivity index (χ4n) is 1.97. The predicted octanol–water partition coefficient (Wildman–Crippen LogP) is 2.96. The predicted molar refractivity (Wildman–Crippen MR) is 79.5 cm³/mol. The van der Waals surface area contributed by atoms with Gasteiger partial charge in [-0.05, 0) is 32.0 Å². The van der Waals surface area contributed by atoms with E-state index in [9.17, 15) is 9.90 Å². The van der Waals surface area contributed by atoms with Gasteiger partial charge in [0.2, 0.25) is 0 Å².